The molecule has 0 spiro atoms. The molecular formula is C12H18BNO. The van der Waals surface area contributed by atoms with Gasteiger partial charge in [-0.3, -0.25) is 4.98 Å². The third-order valence-corrected chi connectivity index (χ3v) is 3.84. The Kier molecular flexibility index (Phi) is 2.38. The Hall–Kier alpha value is -0.825. The highest BCUT2D eigenvalue weighted by Crippen LogP contribution is 2.44. The van der Waals surface area contributed by atoms with Crippen molar-refractivity contribution in [1.29, 1.82) is 0 Å². The quantitative estimate of drug-likeness (QED) is 0.652. The minimum Gasteiger partial charge on any atom is -0.426 e. The molecule has 1 fully saturated rings. The fourth-order valence-electron chi connectivity index (χ4n) is 2.03. The molecule has 2 nitrogen and oxygen atoms in total. The number of pyridine rings is 1. The normalized spacial score (nSPS) is 23.1. The highest BCUT2D eigenvalue weighted by Gasteiger charge is 2.49. The summed E-state index contributed by atoms with van der Waals surface area (Å²) in [6.45, 7) is 9.11. The van der Waals surface area contributed by atoms with Crippen molar-refractivity contribution in [2.45, 2.75) is 39.6 Å². The van der Waals surface area contributed by atoms with E-state index in [-0.39, 0.29) is 17.9 Å². The SMILES string of the molecule is CC1(C)CB(c2ccncc2)OC1(C)C. The number of aromatic nitrogens is 1. The van der Waals surface area contributed by atoms with Crippen molar-refractivity contribution in [2.24, 2.45) is 5.41 Å². The fraction of sp³-hybridized carbons (Fsp3) is 0.583. The van der Waals surface area contributed by atoms with Gasteiger partial charge < -0.3 is 4.65 Å². The van der Waals surface area contributed by atoms with E-state index in [4.69, 9.17) is 4.65 Å². The Balaban J connectivity index is 2.24. The molecule has 0 unspecified atom stereocenters. The summed E-state index contributed by atoms with van der Waals surface area (Å²) in [6.07, 6.45) is 4.73. The maximum absolute atomic E-state index is 6.12. The van der Waals surface area contributed by atoms with Crippen LogP contribution < -0.4 is 5.46 Å². The second kappa shape index (κ2) is 3.34. The van der Waals surface area contributed by atoms with E-state index in [0.717, 1.165) is 6.32 Å². The summed E-state index contributed by atoms with van der Waals surface area (Å²) in [6, 6.07) is 4.09. The second-order valence-corrected chi connectivity index (χ2v) is 5.49. The van der Waals surface area contributed by atoms with Crippen LogP contribution in [0.2, 0.25) is 6.32 Å². The van der Waals surface area contributed by atoms with Crippen molar-refractivity contribution in [2.75, 3.05) is 0 Å². The van der Waals surface area contributed by atoms with Crippen molar-refractivity contribution in [3.63, 3.8) is 0 Å². The van der Waals surface area contributed by atoms with Gasteiger partial charge in [0, 0.05) is 12.4 Å². The Bertz CT molecular complexity index is 332. The maximum atomic E-state index is 6.12. The van der Waals surface area contributed by atoms with Crippen molar-refractivity contribution in [1.82, 2.24) is 4.98 Å². The van der Waals surface area contributed by atoms with E-state index < -0.39 is 0 Å². The number of rotatable bonds is 1. The van der Waals surface area contributed by atoms with Crippen LogP contribution in [0, 0.1) is 5.41 Å². The van der Waals surface area contributed by atoms with Crippen molar-refractivity contribution >= 4 is 12.4 Å². The molecule has 1 saturated heterocycles. The summed E-state index contributed by atoms with van der Waals surface area (Å²) >= 11 is 0. The first-order chi connectivity index (χ1) is 6.92. The fourth-order valence-corrected chi connectivity index (χ4v) is 2.03. The van der Waals surface area contributed by atoms with Gasteiger partial charge in [-0.15, -0.1) is 0 Å². The van der Waals surface area contributed by atoms with Crippen molar-refractivity contribution < 1.29 is 4.65 Å². The molecule has 0 aliphatic carbocycles. The Morgan fingerprint density at radius 2 is 1.80 bits per heavy atom. The largest absolute Gasteiger partial charge is 0.426 e. The summed E-state index contributed by atoms with van der Waals surface area (Å²) in [4.78, 5) is 4.03. The predicted molar refractivity (Wildman–Crippen MR) is 63.4 cm³/mol. The molecule has 15 heavy (non-hydrogen) atoms. The minimum absolute atomic E-state index is 0.0546. The molecule has 1 aromatic heterocycles. The van der Waals surface area contributed by atoms with Gasteiger partial charge in [-0.05, 0) is 43.2 Å². The molecule has 0 atom stereocenters. The monoisotopic (exact) mass is 203 g/mol. The van der Waals surface area contributed by atoms with Crippen molar-refractivity contribution in [3.8, 4) is 0 Å². The molecule has 0 N–H and O–H groups in total. The molecule has 1 aromatic rings. The van der Waals surface area contributed by atoms with Gasteiger partial charge in [0.05, 0.1) is 5.60 Å². The summed E-state index contributed by atoms with van der Waals surface area (Å²) in [5, 5.41) is 0. The number of nitrogens with zero attached hydrogens (tertiary/aromatic N) is 1. The highest BCUT2D eigenvalue weighted by molar-refractivity contribution is 6.68. The third kappa shape index (κ3) is 1.81. The third-order valence-electron chi connectivity index (χ3n) is 3.84. The lowest BCUT2D eigenvalue weighted by atomic mass is 9.54. The zero-order valence-electron chi connectivity index (χ0n) is 9.95. The van der Waals surface area contributed by atoms with Gasteiger partial charge in [0.2, 0.25) is 0 Å². The second-order valence-electron chi connectivity index (χ2n) is 5.49. The molecule has 0 aromatic carbocycles. The van der Waals surface area contributed by atoms with Crippen LogP contribution >= 0.6 is 0 Å². The van der Waals surface area contributed by atoms with Crippen LogP contribution in [0.4, 0.5) is 0 Å². The topological polar surface area (TPSA) is 22.1 Å². The molecule has 0 radical (unpaired) electrons. The maximum Gasteiger partial charge on any atom is 0.328 e. The lowest BCUT2D eigenvalue weighted by Gasteiger charge is -2.34. The van der Waals surface area contributed by atoms with Crippen LogP contribution in [-0.2, 0) is 4.65 Å². The lowest BCUT2D eigenvalue weighted by Crippen LogP contribution is -2.36. The van der Waals surface area contributed by atoms with Crippen LogP contribution in [0.15, 0.2) is 24.5 Å². The van der Waals surface area contributed by atoms with E-state index in [0.29, 0.717) is 0 Å². The zero-order chi connectivity index (χ0) is 11.1. The van der Waals surface area contributed by atoms with E-state index in [9.17, 15) is 0 Å². The van der Waals surface area contributed by atoms with E-state index in [1.165, 1.54) is 5.46 Å². The molecule has 0 saturated carbocycles. The van der Waals surface area contributed by atoms with Gasteiger partial charge >= 0.3 is 6.92 Å². The van der Waals surface area contributed by atoms with E-state index in [1.807, 2.05) is 24.5 Å². The molecule has 1 aliphatic heterocycles. The Labute approximate surface area is 92.2 Å². The zero-order valence-corrected chi connectivity index (χ0v) is 9.95. The summed E-state index contributed by atoms with van der Waals surface area (Å²) < 4.78 is 6.12. The van der Waals surface area contributed by atoms with Gasteiger partial charge in [0.25, 0.3) is 0 Å². The molecular weight excluding hydrogens is 185 g/mol. The van der Waals surface area contributed by atoms with Gasteiger partial charge in [-0.1, -0.05) is 13.8 Å². The molecule has 0 bridgehead atoms. The first-order valence-electron chi connectivity index (χ1n) is 5.50. The Morgan fingerprint density at radius 1 is 1.20 bits per heavy atom. The first-order valence-corrected chi connectivity index (χ1v) is 5.50. The van der Waals surface area contributed by atoms with Crippen LogP contribution in [0.5, 0.6) is 0 Å². The van der Waals surface area contributed by atoms with Crippen LogP contribution in [0.3, 0.4) is 0 Å². The molecule has 2 heterocycles. The van der Waals surface area contributed by atoms with E-state index >= 15 is 0 Å². The Morgan fingerprint density at radius 3 is 2.27 bits per heavy atom. The number of hydrogen-bond acceptors (Lipinski definition) is 2. The molecule has 3 heteroatoms. The molecule has 1 aliphatic rings. The average molecular weight is 203 g/mol. The van der Waals surface area contributed by atoms with Gasteiger partial charge in [-0.25, -0.2) is 0 Å². The van der Waals surface area contributed by atoms with E-state index in [1.54, 1.807) is 0 Å². The summed E-state index contributed by atoms with van der Waals surface area (Å²) in [7, 11) is 0. The van der Waals surface area contributed by atoms with E-state index in [2.05, 4.69) is 32.7 Å². The smallest absolute Gasteiger partial charge is 0.328 e. The van der Waals surface area contributed by atoms with Gasteiger partial charge in [-0.2, -0.15) is 0 Å². The van der Waals surface area contributed by atoms with Gasteiger partial charge in [0.15, 0.2) is 0 Å². The first kappa shape index (κ1) is 10.7. The average Bonchev–Trinajstić information content (AvgIpc) is 2.38. The van der Waals surface area contributed by atoms with Crippen LogP contribution in [0.1, 0.15) is 27.7 Å². The molecule has 0 amide bonds. The van der Waals surface area contributed by atoms with Crippen molar-refractivity contribution in [3.05, 3.63) is 24.5 Å². The minimum atomic E-state index is -0.0546. The standard InChI is InChI=1S/C12H18BNO/c1-11(2)9-13(15-12(11,3)4)10-5-7-14-8-6-10/h5-8H,9H2,1-4H3. The van der Waals surface area contributed by atoms with Crippen LogP contribution in [-0.4, -0.2) is 17.5 Å². The highest BCUT2D eigenvalue weighted by atomic mass is 16.5. The summed E-state index contributed by atoms with van der Waals surface area (Å²) in [5.74, 6) is 0. The summed E-state index contributed by atoms with van der Waals surface area (Å²) in [5.41, 5.74) is 1.41. The molecule has 2 rings (SSSR count). The van der Waals surface area contributed by atoms with Gasteiger partial charge in [0.1, 0.15) is 0 Å². The predicted octanol–water partition coefficient (Wildman–Crippen LogP) is 2.12. The number of hydrogen-bond donors (Lipinski definition) is 0. The molecule has 80 valence electrons. The van der Waals surface area contributed by atoms with Crippen LogP contribution in [0.25, 0.3) is 0 Å². The lowest BCUT2D eigenvalue weighted by molar-refractivity contribution is 0.0375.